The molecule has 0 saturated carbocycles. The van der Waals surface area contributed by atoms with E-state index in [0.717, 1.165) is 79.3 Å². The van der Waals surface area contributed by atoms with Crippen molar-refractivity contribution in [1.29, 1.82) is 0 Å². The molecule has 252 valence electrons. The fourth-order valence-corrected chi connectivity index (χ4v) is 3.00. The van der Waals surface area contributed by atoms with Gasteiger partial charge in [-0.1, -0.05) is 121 Å². The van der Waals surface area contributed by atoms with Gasteiger partial charge in [0.1, 0.15) is 0 Å². The second-order valence-corrected chi connectivity index (χ2v) is 8.93. The molecule has 0 N–H and O–H groups in total. The minimum Gasteiger partial charge on any atom is -0.872 e. The summed E-state index contributed by atoms with van der Waals surface area (Å²) >= 11 is 0. The van der Waals surface area contributed by atoms with Crippen molar-refractivity contribution in [2.75, 3.05) is 79.3 Å². The van der Waals surface area contributed by atoms with E-state index >= 15 is 0 Å². The molecule has 0 atom stereocenters. The summed E-state index contributed by atoms with van der Waals surface area (Å²) in [6.45, 7) is 9.33. The Morgan fingerprint density at radius 3 is 0.420 bits per heavy atom. The van der Waals surface area contributed by atoms with E-state index in [2.05, 4.69) is 0 Å². The molecule has 10 nitrogen and oxygen atoms in total. The minimum atomic E-state index is 0. The van der Waals surface area contributed by atoms with Gasteiger partial charge in [-0.3, -0.25) is 0 Å². The second-order valence-electron chi connectivity index (χ2n) is 8.93. The predicted octanol–water partition coefficient (Wildman–Crippen LogP) is -8.84. The fourth-order valence-electron chi connectivity index (χ4n) is 3.00. The zero-order chi connectivity index (χ0) is 33.2. The van der Waals surface area contributed by atoms with E-state index in [0.29, 0.717) is 0 Å². The van der Waals surface area contributed by atoms with Gasteiger partial charge in [-0.05, 0) is 0 Å². The standard InChI is InChI=1S/4C6H6O.3C4H8O2.4Li/c4*7-6-4-2-1-3-5-6;3*1-2-6-4-3-5-1;;;;/h4*1-5,7H;3*1-4H2;;;;/q;;;;;;;4*+1/p-4. The molecular weight excluding hydrogens is 620 g/mol. The van der Waals surface area contributed by atoms with Crippen LogP contribution in [0.15, 0.2) is 121 Å². The molecule has 7 rings (SSSR count). The van der Waals surface area contributed by atoms with Crippen LogP contribution in [0.5, 0.6) is 23.0 Å². The molecule has 0 aliphatic carbocycles. The minimum absolute atomic E-state index is 0. The molecule has 4 aromatic carbocycles. The van der Waals surface area contributed by atoms with Crippen molar-refractivity contribution in [2.24, 2.45) is 0 Å². The van der Waals surface area contributed by atoms with Gasteiger partial charge in [-0.25, -0.2) is 0 Å². The summed E-state index contributed by atoms with van der Waals surface area (Å²) in [5.74, 6) is 0.287. The van der Waals surface area contributed by atoms with Gasteiger partial charge in [-0.2, -0.15) is 0 Å². The summed E-state index contributed by atoms with van der Waals surface area (Å²) in [4.78, 5) is 0. The Bertz CT molecular complexity index is 932. The predicted molar refractivity (Wildman–Crippen MR) is 168 cm³/mol. The quantitative estimate of drug-likeness (QED) is 0.166. The Hall–Kier alpha value is -1.77. The molecule has 50 heavy (non-hydrogen) atoms. The zero-order valence-corrected chi connectivity index (χ0v) is 30.1. The molecule has 0 unspecified atom stereocenters. The monoisotopic (exact) mass is 664 g/mol. The van der Waals surface area contributed by atoms with Crippen molar-refractivity contribution in [1.82, 2.24) is 0 Å². The van der Waals surface area contributed by atoms with Crippen LogP contribution < -0.4 is 95.9 Å². The van der Waals surface area contributed by atoms with E-state index in [-0.39, 0.29) is 98.4 Å². The van der Waals surface area contributed by atoms with E-state index in [1.54, 1.807) is 48.5 Å². The van der Waals surface area contributed by atoms with E-state index in [4.69, 9.17) is 28.4 Å². The SMILES string of the molecule is C1COCCO1.C1COCCO1.C1COCCO1.[Li+].[Li+].[Li+].[Li+].[O-]c1ccccc1.[O-]c1ccccc1.[O-]c1ccccc1.[O-]c1ccccc1. The van der Waals surface area contributed by atoms with Crippen molar-refractivity contribution in [2.45, 2.75) is 0 Å². The van der Waals surface area contributed by atoms with Crippen LogP contribution in [0.1, 0.15) is 0 Å². The first-order chi connectivity index (χ1) is 22.6. The fraction of sp³-hybridized carbons (Fsp3) is 0.333. The van der Waals surface area contributed by atoms with Crippen LogP contribution in [0.2, 0.25) is 0 Å². The molecule has 0 spiro atoms. The van der Waals surface area contributed by atoms with Gasteiger partial charge in [0.25, 0.3) is 0 Å². The molecule has 0 aromatic heterocycles. The Morgan fingerprint density at radius 2 is 0.360 bits per heavy atom. The van der Waals surface area contributed by atoms with Gasteiger partial charge in [0.05, 0.1) is 79.3 Å². The first kappa shape index (κ1) is 55.0. The molecule has 4 aromatic rings. The molecule has 3 fully saturated rings. The number of hydrogen-bond acceptors (Lipinski definition) is 10. The molecule has 0 bridgehead atoms. The Kier molecular flexibility index (Phi) is 47.7. The van der Waals surface area contributed by atoms with E-state index in [1.165, 1.54) is 48.5 Å². The van der Waals surface area contributed by atoms with Gasteiger partial charge in [0, 0.05) is 0 Å². The Morgan fingerprint density at radius 1 is 0.240 bits per heavy atom. The van der Waals surface area contributed by atoms with Crippen molar-refractivity contribution < 1.29 is 124 Å². The van der Waals surface area contributed by atoms with Crippen LogP contribution >= 0.6 is 0 Å². The maximum absolute atomic E-state index is 10.3. The molecule has 14 heteroatoms. The number of para-hydroxylation sites is 4. The van der Waals surface area contributed by atoms with Crippen LogP contribution in [0.4, 0.5) is 0 Å². The van der Waals surface area contributed by atoms with Crippen molar-refractivity contribution in [3.8, 4) is 23.0 Å². The van der Waals surface area contributed by atoms with Gasteiger partial charge in [-0.15, -0.1) is 23.0 Å². The van der Waals surface area contributed by atoms with Crippen molar-refractivity contribution in [3.05, 3.63) is 121 Å². The third-order valence-electron chi connectivity index (χ3n) is 5.20. The van der Waals surface area contributed by atoms with Gasteiger partial charge < -0.3 is 48.8 Å². The molecule has 3 saturated heterocycles. The third-order valence-corrected chi connectivity index (χ3v) is 5.20. The summed E-state index contributed by atoms with van der Waals surface area (Å²) in [6.07, 6.45) is 0. The Balaban J connectivity index is -0.000000244. The molecule has 3 aliphatic heterocycles. The zero-order valence-electron chi connectivity index (χ0n) is 30.1. The molecule has 3 aliphatic rings. The topological polar surface area (TPSA) is 148 Å². The van der Waals surface area contributed by atoms with E-state index in [1.807, 2.05) is 24.3 Å². The average molecular weight is 665 g/mol. The Labute approximate surface area is 345 Å². The number of hydrogen-bond donors (Lipinski definition) is 0. The summed E-state index contributed by atoms with van der Waals surface area (Å²) in [5.41, 5.74) is 0. The summed E-state index contributed by atoms with van der Waals surface area (Å²) in [5, 5.41) is 41.1. The van der Waals surface area contributed by atoms with Gasteiger partial charge in [0.15, 0.2) is 0 Å². The first-order valence-electron chi connectivity index (χ1n) is 14.9. The van der Waals surface area contributed by atoms with Crippen LogP contribution in [0, 0.1) is 0 Å². The average Bonchev–Trinajstić information content (AvgIpc) is 3.14. The molecule has 3 heterocycles. The summed E-state index contributed by atoms with van der Waals surface area (Å²) in [7, 11) is 0. The second kappa shape index (κ2) is 43.4. The van der Waals surface area contributed by atoms with Crippen LogP contribution in [0.3, 0.4) is 0 Å². The maximum atomic E-state index is 10.3. The van der Waals surface area contributed by atoms with Crippen LogP contribution in [-0.4, -0.2) is 79.3 Å². The summed E-state index contributed by atoms with van der Waals surface area (Å²) < 4.78 is 29.7. The summed E-state index contributed by atoms with van der Waals surface area (Å²) in [6, 6.07) is 33.3. The maximum Gasteiger partial charge on any atom is 1.00 e. The van der Waals surface area contributed by atoms with Crippen LogP contribution in [-0.2, 0) is 28.4 Å². The van der Waals surface area contributed by atoms with Crippen LogP contribution in [0.25, 0.3) is 0 Å². The van der Waals surface area contributed by atoms with E-state index in [9.17, 15) is 20.4 Å². The first-order valence-corrected chi connectivity index (χ1v) is 14.9. The smallest absolute Gasteiger partial charge is 0.872 e. The number of rotatable bonds is 0. The number of ether oxygens (including phenoxy) is 6. The largest absolute Gasteiger partial charge is 1.00 e. The van der Waals surface area contributed by atoms with Gasteiger partial charge >= 0.3 is 75.4 Å². The molecule has 0 amide bonds. The normalized spacial score (nSPS) is 13.4. The van der Waals surface area contributed by atoms with Gasteiger partial charge in [0.2, 0.25) is 0 Å². The molecular formula is C36H44Li4O10. The molecule has 0 radical (unpaired) electrons. The number of benzene rings is 4. The van der Waals surface area contributed by atoms with Crippen molar-refractivity contribution in [3.63, 3.8) is 0 Å². The third kappa shape index (κ3) is 40.7. The van der Waals surface area contributed by atoms with E-state index < -0.39 is 0 Å². The van der Waals surface area contributed by atoms with Crippen molar-refractivity contribution >= 4 is 0 Å².